The molecule has 1 fully saturated rings. The summed E-state index contributed by atoms with van der Waals surface area (Å²) in [5.74, 6) is -1.81. The van der Waals surface area contributed by atoms with Gasteiger partial charge in [0.05, 0.1) is 0 Å². The molecule has 14 nitrogen and oxygen atoms in total. The summed E-state index contributed by atoms with van der Waals surface area (Å²) in [6.07, 6.45) is 1.34. The van der Waals surface area contributed by atoms with Gasteiger partial charge in [0.25, 0.3) is 0 Å². The first-order chi connectivity index (χ1) is 19.0. The van der Waals surface area contributed by atoms with Crippen LogP contribution in [-0.2, 0) is 23.9 Å². The van der Waals surface area contributed by atoms with Crippen molar-refractivity contribution >= 4 is 35.7 Å². The first kappa shape index (κ1) is 35.4. The van der Waals surface area contributed by atoms with Gasteiger partial charge in [0.1, 0.15) is 29.8 Å². The van der Waals surface area contributed by atoms with E-state index in [-0.39, 0.29) is 43.1 Å². The summed E-state index contributed by atoms with van der Waals surface area (Å²) in [4.78, 5) is 70.2. The van der Waals surface area contributed by atoms with Gasteiger partial charge >= 0.3 is 6.09 Å². The molecule has 0 spiro atoms. The number of carbonyl (C=O) groups excluding carboxylic acids is 5. The molecule has 1 rings (SSSR count). The molecule has 0 aromatic carbocycles. The van der Waals surface area contributed by atoms with E-state index in [9.17, 15) is 24.0 Å². The van der Waals surface area contributed by atoms with Gasteiger partial charge in [-0.05, 0) is 72.6 Å². The van der Waals surface area contributed by atoms with Crippen LogP contribution in [0.5, 0.6) is 0 Å². The van der Waals surface area contributed by atoms with Crippen LogP contribution in [0.2, 0.25) is 0 Å². The molecule has 0 aromatic heterocycles. The molecule has 41 heavy (non-hydrogen) atoms. The number of carbonyl (C=O) groups is 5. The van der Waals surface area contributed by atoms with Crippen LogP contribution in [0.1, 0.15) is 80.6 Å². The number of nitrogens with one attached hydrogen (secondary N) is 4. The summed E-state index contributed by atoms with van der Waals surface area (Å²) < 4.78 is 5.20. The number of aliphatic imine (C=N–C) groups is 1. The van der Waals surface area contributed by atoms with Gasteiger partial charge in [0.2, 0.25) is 23.6 Å². The highest BCUT2D eigenvalue weighted by Crippen LogP contribution is 2.20. The van der Waals surface area contributed by atoms with Crippen molar-refractivity contribution in [2.45, 2.75) is 110 Å². The number of likely N-dealkylation sites (tertiary alicyclic amines) is 1. The Labute approximate surface area is 243 Å². The number of hydrogen-bond donors (Lipinski definition) is 6. The summed E-state index contributed by atoms with van der Waals surface area (Å²) in [7, 11) is 0. The monoisotopic (exact) mass is 582 g/mol. The van der Waals surface area contributed by atoms with Gasteiger partial charge in [-0.3, -0.25) is 24.2 Å². The van der Waals surface area contributed by atoms with Crippen molar-refractivity contribution in [2.75, 3.05) is 19.6 Å². The highest BCUT2D eigenvalue weighted by molar-refractivity contribution is 5.95. The molecule has 4 atom stereocenters. The largest absolute Gasteiger partial charge is 0.444 e. The predicted octanol–water partition coefficient (Wildman–Crippen LogP) is 0.0960. The summed E-state index contributed by atoms with van der Waals surface area (Å²) in [5.41, 5.74) is 10.1. The van der Waals surface area contributed by atoms with Gasteiger partial charge in [0, 0.05) is 19.6 Å². The van der Waals surface area contributed by atoms with Crippen LogP contribution in [0.3, 0.4) is 0 Å². The molecule has 1 aliphatic heterocycles. The Bertz CT molecular complexity index is 945. The highest BCUT2D eigenvalue weighted by Gasteiger charge is 2.38. The van der Waals surface area contributed by atoms with E-state index in [1.165, 1.54) is 11.8 Å². The molecular formula is C27H50N8O6. The summed E-state index contributed by atoms with van der Waals surface area (Å²) in [6, 6.07) is -3.54. The van der Waals surface area contributed by atoms with Gasteiger partial charge in [-0.1, -0.05) is 13.8 Å². The normalized spacial score (nSPS) is 17.2. The van der Waals surface area contributed by atoms with E-state index < -0.39 is 47.7 Å². The average molecular weight is 583 g/mol. The molecule has 5 amide bonds. The van der Waals surface area contributed by atoms with Gasteiger partial charge in [-0.15, -0.1) is 0 Å². The number of alkyl carbamates (subject to hydrolysis) is 1. The lowest BCUT2D eigenvalue weighted by Gasteiger charge is -2.30. The molecule has 8 N–H and O–H groups in total. The van der Waals surface area contributed by atoms with E-state index in [0.29, 0.717) is 32.4 Å². The number of nitrogens with two attached hydrogens (primary N) is 2. The van der Waals surface area contributed by atoms with Crippen molar-refractivity contribution in [3.8, 4) is 0 Å². The fraction of sp³-hybridized carbons (Fsp3) is 0.778. The van der Waals surface area contributed by atoms with Crippen molar-refractivity contribution in [3.63, 3.8) is 0 Å². The molecule has 4 unspecified atom stereocenters. The molecule has 0 aromatic rings. The zero-order chi connectivity index (χ0) is 31.3. The first-order valence-corrected chi connectivity index (χ1v) is 14.3. The van der Waals surface area contributed by atoms with Gasteiger partial charge in [-0.2, -0.15) is 0 Å². The Morgan fingerprint density at radius 1 is 1.00 bits per heavy atom. The molecule has 1 aliphatic rings. The van der Waals surface area contributed by atoms with E-state index in [1.54, 1.807) is 27.7 Å². The van der Waals surface area contributed by atoms with Crippen LogP contribution in [-0.4, -0.2) is 90.0 Å². The third kappa shape index (κ3) is 13.1. The zero-order valence-corrected chi connectivity index (χ0v) is 25.5. The number of guanidine groups is 1. The maximum atomic E-state index is 13.6. The Hall–Kier alpha value is -3.58. The number of ether oxygens (including phenoxy) is 1. The molecule has 14 heteroatoms. The smallest absolute Gasteiger partial charge is 0.408 e. The minimum atomic E-state index is -0.980. The molecule has 234 valence electrons. The molecule has 0 bridgehead atoms. The van der Waals surface area contributed by atoms with Crippen LogP contribution in [0, 0.1) is 5.92 Å². The topological polar surface area (TPSA) is 210 Å². The van der Waals surface area contributed by atoms with E-state index in [1.807, 2.05) is 13.8 Å². The van der Waals surface area contributed by atoms with Gasteiger partial charge < -0.3 is 42.4 Å². The number of hydrogen-bond acceptors (Lipinski definition) is 7. The Balaban J connectivity index is 3.07. The van der Waals surface area contributed by atoms with Crippen LogP contribution < -0.4 is 32.7 Å². The summed E-state index contributed by atoms with van der Waals surface area (Å²) in [5, 5.41) is 10.7. The predicted molar refractivity (Wildman–Crippen MR) is 155 cm³/mol. The fourth-order valence-corrected chi connectivity index (χ4v) is 4.38. The Morgan fingerprint density at radius 2 is 1.63 bits per heavy atom. The molecular weight excluding hydrogens is 532 g/mol. The van der Waals surface area contributed by atoms with Crippen molar-refractivity contribution < 1.29 is 28.7 Å². The van der Waals surface area contributed by atoms with Crippen molar-refractivity contribution in [1.29, 1.82) is 0 Å². The minimum absolute atomic E-state index is 0.0249. The van der Waals surface area contributed by atoms with E-state index in [4.69, 9.17) is 16.2 Å². The molecule has 1 heterocycles. The van der Waals surface area contributed by atoms with E-state index in [0.717, 1.165) is 0 Å². The quantitative estimate of drug-likeness (QED) is 0.0937. The molecule has 0 radical (unpaired) electrons. The average Bonchev–Trinajstić information content (AvgIpc) is 3.33. The second kappa shape index (κ2) is 16.6. The third-order valence-electron chi connectivity index (χ3n) is 6.22. The third-order valence-corrected chi connectivity index (χ3v) is 6.22. The lowest BCUT2D eigenvalue weighted by molar-refractivity contribution is -0.142. The van der Waals surface area contributed by atoms with Crippen LogP contribution in [0.25, 0.3) is 0 Å². The lowest BCUT2D eigenvalue weighted by atomic mass is 10.0. The SMILES string of the molecule is CCNC(=O)C1CCCN1C(=O)C(CCCN=C(N)N)NC(=O)C(CC(C)C)NC(=O)C(C)NC(=O)OC(C)(C)C. The maximum Gasteiger partial charge on any atom is 0.408 e. The number of rotatable bonds is 14. The molecule has 0 aliphatic carbocycles. The first-order valence-electron chi connectivity index (χ1n) is 14.3. The van der Waals surface area contributed by atoms with Crippen molar-refractivity contribution in [3.05, 3.63) is 0 Å². The molecule has 1 saturated heterocycles. The Kier molecular flexibility index (Phi) is 14.4. The van der Waals surface area contributed by atoms with Crippen LogP contribution >= 0.6 is 0 Å². The number of amides is 5. The van der Waals surface area contributed by atoms with Crippen molar-refractivity contribution in [1.82, 2.24) is 26.2 Å². The van der Waals surface area contributed by atoms with E-state index >= 15 is 0 Å². The summed E-state index contributed by atoms with van der Waals surface area (Å²) in [6.45, 7) is 13.3. The number of likely N-dealkylation sites (N-methyl/N-ethyl adjacent to an activating group) is 1. The second-order valence-corrected chi connectivity index (χ2v) is 11.7. The van der Waals surface area contributed by atoms with Crippen LogP contribution in [0.15, 0.2) is 4.99 Å². The van der Waals surface area contributed by atoms with Crippen molar-refractivity contribution in [2.24, 2.45) is 22.4 Å². The summed E-state index contributed by atoms with van der Waals surface area (Å²) >= 11 is 0. The highest BCUT2D eigenvalue weighted by atomic mass is 16.6. The Morgan fingerprint density at radius 3 is 2.20 bits per heavy atom. The molecule has 0 saturated carbocycles. The number of nitrogens with zero attached hydrogens (tertiary/aromatic N) is 2. The van der Waals surface area contributed by atoms with Gasteiger partial charge in [-0.25, -0.2) is 4.79 Å². The standard InChI is InChI=1S/C27H50N8O6/c1-8-30-23(38)20-12-10-14-35(20)24(39)18(11-9-13-31-25(28)29)33-22(37)19(15-16(2)3)34-21(36)17(4)32-26(40)41-27(5,6)7/h16-20H,8-15H2,1-7H3,(H,30,38)(H,32,40)(H,33,37)(H,34,36)(H4,28,29,31). The minimum Gasteiger partial charge on any atom is -0.444 e. The van der Waals surface area contributed by atoms with Gasteiger partial charge in [0.15, 0.2) is 5.96 Å². The zero-order valence-electron chi connectivity index (χ0n) is 25.5. The van der Waals surface area contributed by atoms with Crippen LogP contribution in [0.4, 0.5) is 4.79 Å². The second-order valence-electron chi connectivity index (χ2n) is 11.7. The lowest BCUT2D eigenvalue weighted by Crippen LogP contribution is -2.58. The maximum absolute atomic E-state index is 13.6. The fourth-order valence-electron chi connectivity index (χ4n) is 4.38. The van der Waals surface area contributed by atoms with E-state index in [2.05, 4.69) is 26.3 Å².